The standard InChI is InChI=1S/C25H27N5O3S/c1-17(24(31)26-19-10-12-20(13-11-19)29(2)3)34-25-28-27-23(18-7-5-8-21(15-18)32-4)30(25)16-22-9-6-14-33-22/h5-15,17H,16H2,1-4H3,(H,26,31). The van der Waals surface area contributed by atoms with Crippen LogP contribution in [0.2, 0.25) is 0 Å². The number of hydrogen-bond acceptors (Lipinski definition) is 7. The summed E-state index contributed by atoms with van der Waals surface area (Å²) < 4.78 is 12.9. The number of furan rings is 1. The maximum absolute atomic E-state index is 12.9. The number of nitrogens with zero attached hydrogens (tertiary/aromatic N) is 4. The third-order valence-corrected chi connectivity index (χ3v) is 6.32. The molecule has 0 saturated heterocycles. The fraction of sp³-hybridized carbons (Fsp3) is 0.240. The number of benzene rings is 2. The molecule has 176 valence electrons. The largest absolute Gasteiger partial charge is 0.497 e. The van der Waals surface area contributed by atoms with E-state index in [4.69, 9.17) is 9.15 Å². The smallest absolute Gasteiger partial charge is 0.237 e. The summed E-state index contributed by atoms with van der Waals surface area (Å²) in [4.78, 5) is 14.9. The molecule has 0 saturated carbocycles. The van der Waals surface area contributed by atoms with Crippen molar-refractivity contribution in [3.05, 3.63) is 72.7 Å². The molecule has 0 aliphatic rings. The van der Waals surface area contributed by atoms with Crippen molar-refractivity contribution in [3.63, 3.8) is 0 Å². The molecule has 8 nitrogen and oxygen atoms in total. The molecule has 0 bridgehead atoms. The van der Waals surface area contributed by atoms with Gasteiger partial charge in [0.25, 0.3) is 0 Å². The average molecular weight is 478 g/mol. The van der Waals surface area contributed by atoms with E-state index in [0.717, 1.165) is 28.4 Å². The van der Waals surface area contributed by atoms with Crippen molar-refractivity contribution in [2.45, 2.75) is 23.9 Å². The summed E-state index contributed by atoms with van der Waals surface area (Å²) >= 11 is 1.35. The van der Waals surface area contributed by atoms with Gasteiger partial charge in [-0.3, -0.25) is 9.36 Å². The second kappa shape index (κ2) is 10.5. The lowest BCUT2D eigenvalue weighted by molar-refractivity contribution is -0.115. The number of carbonyl (C=O) groups excluding carboxylic acids is 1. The molecule has 34 heavy (non-hydrogen) atoms. The normalized spacial score (nSPS) is 11.8. The highest BCUT2D eigenvalue weighted by atomic mass is 32.2. The van der Waals surface area contributed by atoms with Gasteiger partial charge in [-0.15, -0.1) is 10.2 Å². The van der Waals surface area contributed by atoms with E-state index in [0.29, 0.717) is 17.5 Å². The zero-order valence-corrected chi connectivity index (χ0v) is 20.4. The van der Waals surface area contributed by atoms with Crippen LogP contribution in [-0.2, 0) is 11.3 Å². The lowest BCUT2D eigenvalue weighted by Gasteiger charge is -2.15. The van der Waals surface area contributed by atoms with Gasteiger partial charge in [-0.05, 0) is 55.5 Å². The number of amides is 1. The number of hydrogen-bond donors (Lipinski definition) is 1. The van der Waals surface area contributed by atoms with E-state index >= 15 is 0 Å². The van der Waals surface area contributed by atoms with Crippen LogP contribution in [0.1, 0.15) is 12.7 Å². The number of aromatic nitrogens is 3. The van der Waals surface area contributed by atoms with Gasteiger partial charge in [0.05, 0.1) is 25.2 Å². The topological polar surface area (TPSA) is 85.4 Å². The van der Waals surface area contributed by atoms with Crippen LogP contribution in [0.3, 0.4) is 0 Å². The number of nitrogens with one attached hydrogen (secondary N) is 1. The van der Waals surface area contributed by atoms with Crippen LogP contribution in [0.5, 0.6) is 5.75 Å². The molecule has 1 unspecified atom stereocenters. The molecule has 4 aromatic rings. The number of thioether (sulfide) groups is 1. The number of methoxy groups -OCH3 is 1. The molecule has 1 amide bonds. The Morgan fingerprint density at radius 2 is 1.94 bits per heavy atom. The zero-order valence-electron chi connectivity index (χ0n) is 19.6. The lowest BCUT2D eigenvalue weighted by Crippen LogP contribution is -2.23. The van der Waals surface area contributed by atoms with E-state index in [-0.39, 0.29) is 5.91 Å². The molecule has 0 radical (unpaired) electrons. The number of ether oxygens (including phenoxy) is 1. The highest BCUT2D eigenvalue weighted by molar-refractivity contribution is 8.00. The minimum atomic E-state index is -0.397. The lowest BCUT2D eigenvalue weighted by atomic mass is 10.2. The number of carbonyl (C=O) groups is 1. The van der Waals surface area contributed by atoms with Gasteiger partial charge in [-0.2, -0.15) is 0 Å². The van der Waals surface area contributed by atoms with Crippen molar-refractivity contribution in [2.24, 2.45) is 0 Å². The molecule has 0 fully saturated rings. The van der Waals surface area contributed by atoms with Crippen molar-refractivity contribution in [3.8, 4) is 17.1 Å². The number of anilines is 2. The summed E-state index contributed by atoms with van der Waals surface area (Å²) in [5.41, 5.74) is 2.68. The first-order valence-electron chi connectivity index (χ1n) is 10.8. The van der Waals surface area contributed by atoms with Gasteiger partial charge < -0.3 is 19.4 Å². The monoisotopic (exact) mass is 477 g/mol. The second-order valence-corrected chi connectivity index (χ2v) is 9.20. The first-order chi connectivity index (χ1) is 16.4. The van der Waals surface area contributed by atoms with E-state index in [1.54, 1.807) is 13.4 Å². The second-order valence-electron chi connectivity index (χ2n) is 7.89. The molecule has 0 spiro atoms. The van der Waals surface area contributed by atoms with Crippen molar-refractivity contribution in [1.82, 2.24) is 14.8 Å². The predicted octanol–water partition coefficient (Wildman–Crippen LogP) is 4.78. The molecule has 0 aliphatic heterocycles. The van der Waals surface area contributed by atoms with Crippen LogP contribution in [-0.4, -0.2) is 47.1 Å². The Morgan fingerprint density at radius 3 is 2.62 bits per heavy atom. The van der Waals surface area contributed by atoms with Crippen LogP contribution in [0, 0.1) is 0 Å². The van der Waals surface area contributed by atoms with E-state index in [1.807, 2.05) is 91.1 Å². The van der Waals surface area contributed by atoms with Crippen molar-refractivity contribution in [2.75, 3.05) is 31.4 Å². The Labute approximate surface area is 202 Å². The van der Waals surface area contributed by atoms with E-state index in [1.165, 1.54) is 11.8 Å². The molecular weight excluding hydrogens is 450 g/mol. The first kappa shape index (κ1) is 23.4. The molecule has 1 N–H and O–H groups in total. The third-order valence-electron chi connectivity index (χ3n) is 5.24. The summed E-state index contributed by atoms with van der Waals surface area (Å²) in [7, 11) is 5.58. The average Bonchev–Trinajstić information content (AvgIpc) is 3.50. The fourth-order valence-corrected chi connectivity index (χ4v) is 4.20. The van der Waals surface area contributed by atoms with Crippen LogP contribution in [0.4, 0.5) is 11.4 Å². The molecule has 1 atom stereocenters. The quantitative estimate of drug-likeness (QED) is 0.347. The van der Waals surface area contributed by atoms with Gasteiger partial charge in [0.1, 0.15) is 11.5 Å². The van der Waals surface area contributed by atoms with E-state index in [9.17, 15) is 4.79 Å². The van der Waals surface area contributed by atoms with Crippen LogP contribution < -0.4 is 15.0 Å². The zero-order chi connectivity index (χ0) is 24.1. The molecule has 2 aromatic heterocycles. The van der Waals surface area contributed by atoms with Crippen LogP contribution >= 0.6 is 11.8 Å². The Hall–Kier alpha value is -3.72. The highest BCUT2D eigenvalue weighted by Crippen LogP contribution is 2.30. The SMILES string of the molecule is COc1cccc(-c2nnc(SC(C)C(=O)Nc3ccc(N(C)C)cc3)n2Cc2ccco2)c1. The Morgan fingerprint density at radius 1 is 1.15 bits per heavy atom. The van der Waals surface area contributed by atoms with Gasteiger partial charge in [0.2, 0.25) is 5.91 Å². The van der Waals surface area contributed by atoms with E-state index < -0.39 is 5.25 Å². The van der Waals surface area contributed by atoms with Gasteiger partial charge in [0.15, 0.2) is 11.0 Å². The molecule has 2 aromatic carbocycles. The third kappa shape index (κ3) is 5.43. The summed E-state index contributed by atoms with van der Waals surface area (Å²) in [6, 6.07) is 19.1. The summed E-state index contributed by atoms with van der Waals surface area (Å²) in [5.74, 6) is 2.05. The van der Waals surface area contributed by atoms with Crippen LogP contribution in [0.25, 0.3) is 11.4 Å². The summed E-state index contributed by atoms with van der Waals surface area (Å²) in [6.07, 6.45) is 1.63. The Bertz CT molecular complexity index is 1240. The van der Waals surface area contributed by atoms with Gasteiger partial charge in [0, 0.05) is 31.0 Å². The van der Waals surface area contributed by atoms with Gasteiger partial charge >= 0.3 is 0 Å². The first-order valence-corrected chi connectivity index (χ1v) is 11.7. The maximum Gasteiger partial charge on any atom is 0.237 e. The van der Waals surface area contributed by atoms with Crippen molar-refractivity contribution in [1.29, 1.82) is 0 Å². The maximum atomic E-state index is 12.9. The summed E-state index contributed by atoms with van der Waals surface area (Å²) in [6.45, 7) is 2.29. The van der Waals surface area contributed by atoms with E-state index in [2.05, 4.69) is 15.5 Å². The summed E-state index contributed by atoms with van der Waals surface area (Å²) in [5, 5.41) is 12.0. The Balaban J connectivity index is 1.55. The molecule has 2 heterocycles. The van der Waals surface area contributed by atoms with Gasteiger partial charge in [-0.25, -0.2) is 0 Å². The van der Waals surface area contributed by atoms with Gasteiger partial charge in [-0.1, -0.05) is 23.9 Å². The predicted molar refractivity (Wildman–Crippen MR) is 135 cm³/mol. The van der Waals surface area contributed by atoms with Crippen LogP contribution in [0.15, 0.2) is 76.5 Å². The Kier molecular flexibility index (Phi) is 7.22. The molecule has 0 aliphatic carbocycles. The minimum Gasteiger partial charge on any atom is -0.497 e. The van der Waals surface area contributed by atoms with Crippen molar-refractivity contribution < 1.29 is 13.9 Å². The number of rotatable bonds is 9. The molecular formula is C25H27N5O3S. The minimum absolute atomic E-state index is 0.113. The highest BCUT2D eigenvalue weighted by Gasteiger charge is 2.22. The fourth-order valence-electron chi connectivity index (χ4n) is 3.35. The molecule has 9 heteroatoms. The molecule has 4 rings (SSSR count). The van der Waals surface area contributed by atoms with Crippen molar-refractivity contribution >= 4 is 29.0 Å².